The molecule has 3 rings (SSSR count). The van der Waals surface area contributed by atoms with Crippen LogP contribution in [0.5, 0.6) is 5.75 Å². The maximum Gasteiger partial charge on any atom is 0.191 e. The zero-order valence-electron chi connectivity index (χ0n) is 17.8. The summed E-state index contributed by atoms with van der Waals surface area (Å²) in [6.07, 6.45) is 2.52. The first-order valence-corrected chi connectivity index (χ1v) is 10.1. The Balaban J connectivity index is 0.00000320. The minimum Gasteiger partial charge on any atom is -0.493 e. The SMILES string of the molecule is CN=C(NCc1ccccc1OCC(C)C)NC1CCN(c2ncccc2F)C1.I. The van der Waals surface area contributed by atoms with Gasteiger partial charge in [-0.05, 0) is 30.5 Å². The summed E-state index contributed by atoms with van der Waals surface area (Å²) in [7, 11) is 1.75. The molecule has 1 fully saturated rings. The summed E-state index contributed by atoms with van der Waals surface area (Å²) in [5.41, 5.74) is 1.08. The largest absolute Gasteiger partial charge is 0.493 e. The summed E-state index contributed by atoms with van der Waals surface area (Å²) in [5.74, 6) is 2.21. The van der Waals surface area contributed by atoms with E-state index < -0.39 is 0 Å². The van der Waals surface area contributed by atoms with Gasteiger partial charge in [0.05, 0.1) is 6.61 Å². The number of nitrogens with zero attached hydrogens (tertiary/aromatic N) is 3. The summed E-state index contributed by atoms with van der Waals surface area (Å²) in [6, 6.07) is 11.3. The van der Waals surface area contributed by atoms with Crippen molar-refractivity contribution >= 4 is 35.8 Å². The van der Waals surface area contributed by atoms with Crippen LogP contribution in [0.1, 0.15) is 25.8 Å². The number of nitrogens with one attached hydrogen (secondary N) is 2. The molecule has 0 spiro atoms. The third-order valence-electron chi connectivity index (χ3n) is 4.78. The third kappa shape index (κ3) is 6.72. The summed E-state index contributed by atoms with van der Waals surface area (Å²) >= 11 is 0. The zero-order valence-corrected chi connectivity index (χ0v) is 20.1. The van der Waals surface area contributed by atoms with Crippen molar-refractivity contribution in [2.75, 3.05) is 31.6 Å². The Morgan fingerprint density at radius 2 is 2.10 bits per heavy atom. The Morgan fingerprint density at radius 3 is 2.83 bits per heavy atom. The van der Waals surface area contributed by atoms with E-state index in [4.69, 9.17) is 4.74 Å². The quantitative estimate of drug-likeness (QED) is 0.326. The van der Waals surface area contributed by atoms with E-state index in [-0.39, 0.29) is 35.8 Å². The van der Waals surface area contributed by atoms with Crippen LogP contribution in [-0.2, 0) is 6.54 Å². The number of ether oxygens (including phenoxy) is 1. The van der Waals surface area contributed by atoms with Crippen molar-refractivity contribution in [1.82, 2.24) is 15.6 Å². The number of aliphatic imine (C=N–C) groups is 1. The summed E-state index contributed by atoms with van der Waals surface area (Å²) in [6.45, 7) is 7.01. The van der Waals surface area contributed by atoms with Crippen LogP contribution < -0.4 is 20.3 Å². The Kier molecular flexibility index (Phi) is 9.61. The molecule has 2 N–H and O–H groups in total. The fourth-order valence-corrected chi connectivity index (χ4v) is 3.29. The van der Waals surface area contributed by atoms with Gasteiger partial charge in [-0.25, -0.2) is 9.37 Å². The number of rotatable bonds is 7. The molecule has 1 aliphatic rings. The molecular weight excluding hydrogens is 496 g/mol. The van der Waals surface area contributed by atoms with Gasteiger partial charge in [0.15, 0.2) is 17.6 Å². The smallest absolute Gasteiger partial charge is 0.191 e. The first kappa shape index (κ1) is 24.2. The van der Waals surface area contributed by atoms with Crippen LogP contribution in [0.3, 0.4) is 0 Å². The van der Waals surface area contributed by atoms with Crippen molar-refractivity contribution in [2.45, 2.75) is 32.9 Å². The fourth-order valence-electron chi connectivity index (χ4n) is 3.29. The molecule has 1 saturated heterocycles. The maximum atomic E-state index is 14.0. The lowest BCUT2D eigenvalue weighted by molar-refractivity contribution is 0.268. The molecule has 30 heavy (non-hydrogen) atoms. The molecule has 164 valence electrons. The number of guanidine groups is 1. The molecule has 0 saturated carbocycles. The highest BCUT2D eigenvalue weighted by molar-refractivity contribution is 14.0. The summed E-state index contributed by atoms with van der Waals surface area (Å²) in [4.78, 5) is 10.5. The first-order valence-electron chi connectivity index (χ1n) is 10.1. The topological polar surface area (TPSA) is 61.8 Å². The van der Waals surface area contributed by atoms with Gasteiger partial charge >= 0.3 is 0 Å². The van der Waals surface area contributed by atoms with E-state index in [1.165, 1.54) is 6.07 Å². The van der Waals surface area contributed by atoms with Crippen molar-refractivity contribution in [3.05, 3.63) is 54.0 Å². The van der Waals surface area contributed by atoms with E-state index >= 15 is 0 Å². The molecule has 0 radical (unpaired) electrons. The van der Waals surface area contributed by atoms with Crippen LogP contribution in [0.25, 0.3) is 0 Å². The molecule has 1 aromatic carbocycles. The first-order chi connectivity index (χ1) is 14.1. The maximum absolute atomic E-state index is 14.0. The van der Waals surface area contributed by atoms with Gasteiger partial charge in [-0.1, -0.05) is 32.0 Å². The minimum absolute atomic E-state index is 0. The molecule has 2 heterocycles. The number of hydrogen-bond donors (Lipinski definition) is 2. The van der Waals surface area contributed by atoms with Crippen LogP contribution >= 0.6 is 24.0 Å². The van der Waals surface area contributed by atoms with Gasteiger partial charge in [0.1, 0.15) is 5.75 Å². The number of aromatic nitrogens is 1. The highest BCUT2D eigenvalue weighted by Crippen LogP contribution is 2.21. The molecule has 1 atom stereocenters. The molecule has 0 bridgehead atoms. The lowest BCUT2D eigenvalue weighted by Gasteiger charge is -2.20. The van der Waals surface area contributed by atoms with Crippen LogP contribution in [0.15, 0.2) is 47.6 Å². The number of pyridine rings is 1. The highest BCUT2D eigenvalue weighted by atomic mass is 127. The second-order valence-corrected chi connectivity index (χ2v) is 7.62. The lowest BCUT2D eigenvalue weighted by atomic mass is 10.2. The van der Waals surface area contributed by atoms with E-state index in [2.05, 4.69) is 40.5 Å². The second-order valence-electron chi connectivity index (χ2n) is 7.62. The van der Waals surface area contributed by atoms with Gasteiger partial charge in [0, 0.05) is 44.5 Å². The molecule has 1 aromatic heterocycles. The van der Waals surface area contributed by atoms with Gasteiger partial charge < -0.3 is 20.3 Å². The number of hydrogen-bond acceptors (Lipinski definition) is 4. The Morgan fingerprint density at radius 1 is 1.30 bits per heavy atom. The molecule has 6 nitrogen and oxygen atoms in total. The van der Waals surface area contributed by atoms with Crippen molar-refractivity contribution < 1.29 is 9.13 Å². The van der Waals surface area contributed by atoms with Gasteiger partial charge in [-0.15, -0.1) is 24.0 Å². The van der Waals surface area contributed by atoms with E-state index in [9.17, 15) is 4.39 Å². The average molecular weight is 527 g/mol. The van der Waals surface area contributed by atoms with Crippen LogP contribution in [0.2, 0.25) is 0 Å². The summed E-state index contributed by atoms with van der Waals surface area (Å²) in [5, 5.41) is 6.79. The van der Waals surface area contributed by atoms with E-state index in [1.54, 1.807) is 19.3 Å². The summed E-state index contributed by atoms with van der Waals surface area (Å²) < 4.78 is 19.9. The molecule has 1 aliphatic heterocycles. The molecule has 1 unspecified atom stereocenters. The number of anilines is 1. The van der Waals surface area contributed by atoms with Crippen molar-refractivity contribution in [2.24, 2.45) is 10.9 Å². The van der Waals surface area contributed by atoms with Crippen LogP contribution in [0.4, 0.5) is 10.2 Å². The molecule has 8 heteroatoms. The Labute approximate surface area is 195 Å². The van der Waals surface area contributed by atoms with E-state index in [1.807, 2.05) is 23.1 Å². The minimum atomic E-state index is -0.284. The highest BCUT2D eigenvalue weighted by Gasteiger charge is 2.25. The third-order valence-corrected chi connectivity index (χ3v) is 4.78. The van der Waals surface area contributed by atoms with Crippen molar-refractivity contribution in [3.63, 3.8) is 0 Å². The predicted octanol–water partition coefficient (Wildman–Crippen LogP) is 3.82. The van der Waals surface area contributed by atoms with Crippen molar-refractivity contribution in [1.29, 1.82) is 0 Å². The van der Waals surface area contributed by atoms with Gasteiger partial charge in [-0.3, -0.25) is 4.99 Å². The predicted molar refractivity (Wildman–Crippen MR) is 130 cm³/mol. The number of benzene rings is 1. The van der Waals surface area contributed by atoms with Gasteiger partial charge in [0.2, 0.25) is 0 Å². The molecular formula is C22H31FIN5O. The number of para-hydroxylation sites is 1. The van der Waals surface area contributed by atoms with Crippen molar-refractivity contribution in [3.8, 4) is 5.75 Å². The molecule has 2 aromatic rings. The fraction of sp³-hybridized carbons (Fsp3) is 0.455. The average Bonchev–Trinajstić information content (AvgIpc) is 3.18. The molecule has 0 amide bonds. The molecule has 0 aliphatic carbocycles. The Hall–Kier alpha value is -2.10. The number of halogens is 2. The van der Waals surface area contributed by atoms with E-state index in [0.717, 1.165) is 30.2 Å². The van der Waals surface area contributed by atoms with E-state index in [0.29, 0.717) is 31.4 Å². The van der Waals surface area contributed by atoms with Gasteiger partial charge in [0.25, 0.3) is 0 Å². The second kappa shape index (κ2) is 11.9. The zero-order chi connectivity index (χ0) is 20.6. The Bertz CT molecular complexity index is 833. The van der Waals surface area contributed by atoms with Gasteiger partial charge in [-0.2, -0.15) is 0 Å². The monoisotopic (exact) mass is 527 g/mol. The lowest BCUT2D eigenvalue weighted by Crippen LogP contribution is -2.44. The van der Waals surface area contributed by atoms with Crippen LogP contribution in [-0.4, -0.2) is 43.7 Å². The standard InChI is InChI=1S/C22H30FN5O.HI/c1-16(2)15-29-20-9-5-4-7-17(20)13-26-22(24-3)27-18-10-12-28(14-18)21-19(23)8-6-11-25-21;/h4-9,11,16,18H,10,12-15H2,1-3H3,(H2,24,26,27);1H. The van der Waals surface area contributed by atoms with Crippen LogP contribution in [0, 0.1) is 11.7 Å². The normalized spacial score (nSPS) is 16.4.